The molecule has 20 radical (unpaired) electrons. The summed E-state index contributed by atoms with van der Waals surface area (Å²) < 4.78 is 11.2. The SMILES string of the molecule is C=CC(=O)OCC(CCCCCCCCC)(OOC(=O)C=C)Oc1ccccc1.[CH2]C[O].[CH2]C[O].[CH2]C[O].[CH2]C[O].[CH2]C[O].[CH2]C[O].[CH2]C[O].[CH2]C[O].[CH2]C[O].[CH2]C[O]. The van der Waals surface area contributed by atoms with Crippen LogP contribution in [0.2, 0.25) is 0 Å². The second kappa shape index (κ2) is 90.9. The molecule has 0 bridgehead atoms. The van der Waals surface area contributed by atoms with Crippen LogP contribution >= 0.6 is 0 Å². The van der Waals surface area contributed by atoms with E-state index in [9.17, 15) is 9.59 Å². The minimum atomic E-state index is -1.47. The number of para-hydroxylation sites is 1. The van der Waals surface area contributed by atoms with Crippen molar-refractivity contribution in [2.45, 2.75) is 64.1 Å². The number of carbonyl (C=O) groups excluding carboxylic acids is 2. The predicted molar refractivity (Wildman–Crippen MR) is 220 cm³/mol. The predicted octanol–water partition coefficient (Wildman–Crippen LogP) is 7.80. The number of unbranched alkanes of at least 4 members (excludes halogenated alkanes) is 6. The molecule has 1 atom stereocenters. The Labute approximate surface area is 358 Å². The van der Waals surface area contributed by atoms with Crippen LogP contribution in [-0.2, 0) is 75.2 Å². The van der Waals surface area contributed by atoms with Crippen molar-refractivity contribution in [1.29, 1.82) is 0 Å². The highest BCUT2D eigenvalue weighted by atomic mass is 17.2. The van der Waals surface area contributed by atoms with E-state index in [1.165, 1.54) is 19.3 Å². The first-order valence-corrected chi connectivity index (χ1v) is 18.0. The van der Waals surface area contributed by atoms with Crippen LogP contribution in [0.3, 0.4) is 0 Å². The highest BCUT2D eigenvalue weighted by Gasteiger charge is 2.38. The minimum absolute atomic E-state index is 0.250. The van der Waals surface area contributed by atoms with Gasteiger partial charge in [-0.25, -0.2) is 60.7 Å². The summed E-state index contributed by atoms with van der Waals surface area (Å²) in [5.41, 5.74) is 0. The van der Waals surface area contributed by atoms with Crippen LogP contribution in [0.1, 0.15) is 58.3 Å². The van der Waals surface area contributed by atoms with E-state index in [4.69, 9.17) is 70.3 Å². The standard InChI is InChI=1S/C23H32O6.10C2H4O/c1-4-7-8-9-10-11-15-18-23(19-26-21(24)5-2,29-28-22(25)6-3)27-20-16-13-12-14-17-20;10*1-2-3/h5-6,12-14,16-17H,2-4,7-11,15,18-19H2,1H3;10*1-2H2. The van der Waals surface area contributed by atoms with E-state index in [-0.39, 0.29) is 72.7 Å². The molecule has 0 saturated carbocycles. The fraction of sp³-hybridized carbons (Fsp3) is 0.488. The van der Waals surface area contributed by atoms with Crippen molar-refractivity contribution in [2.24, 2.45) is 0 Å². The van der Waals surface area contributed by atoms with Gasteiger partial charge in [-0.1, -0.05) is 76.8 Å². The molecular weight excluding hydrogens is 772 g/mol. The third-order valence-corrected chi connectivity index (χ3v) is 4.25. The van der Waals surface area contributed by atoms with Crippen LogP contribution < -0.4 is 4.74 Å². The Balaban J connectivity index is -0.0000000811. The highest BCUT2D eigenvalue weighted by molar-refractivity contribution is 5.81. The molecular formula is C43H72O16. The average Bonchev–Trinajstić information content (AvgIpc) is 3.19. The molecule has 59 heavy (non-hydrogen) atoms. The highest BCUT2D eigenvalue weighted by Crippen LogP contribution is 2.27. The summed E-state index contributed by atoms with van der Waals surface area (Å²) >= 11 is 0. The van der Waals surface area contributed by atoms with Gasteiger partial charge < -0.3 is 9.47 Å². The van der Waals surface area contributed by atoms with E-state index in [2.05, 4.69) is 89.3 Å². The molecule has 1 aromatic carbocycles. The molecule has 340 valence electrons. The summed E-state index contributed by atoms with van der Waals surface area (Å²) in [7, 11) is 0. The third kappa shape index (κ3) is 119. The molecule has 0 aliphatic carbocycles. The molecule has 0 aliphatic rings. The number of esters is 1. The first-order chi connectivity index (χ1) is 28.2. The summed E-state index contributed by atoms with van der Waals surface area (Å²) in [5, 5.41) is 88.2. The van der Waals surface area contributed by atoms with Gasteiger partial charge in [0.25, 0.3) is 5.79 Å². The molecule has 0 saturated heterocycles. The normalized spacial score (nSPS) is 9.17. The summed E-state index contributed by atoms with van der Waals surface area (Å²) in [6.07, 6.45) is 10.0. The monoisotopic (exact) mass is 844 g/mol. The van der Waals surface area contributed by atoms with Gasteiger partial charge in [-0.05, 0) is 87.8 Å². The van der Waals surface area contributed by atoms with Crippen molar-refractivity contribution in [3.63, 3.8) is 0 Å². The molecule has 0 fully saturated rings. The molecule has 1 aromatic rings. The number of hydrogen-bond acceptors (Lipinski definition) is 6. The number of rotatable bonds is 16. The first kappa shape index (κ1) is 80.1. The van der Waals surface area contributed by atoms with Gasteiger partial charge in [0.1, 0.15) is 5.75 Å². The average molecular weight is 845 g/mol. The molecule has 0 aromatic heterocycles. The van der Waals surface area contributed by atoms with Gasteiger partial charge in [0.2, 0.25) is 0 Å². The number of carbonyl (C=O) groups is 2. The molecule has 16 heteroatoms. The second-order valence-corrected chi connectivity index (χ2v) is 8.74. The zero-order chi connectivity index (χ0) is 48.4. The van der Waals surface area contributed by atoms with Gasteiger partial charge in [0.05, 0.1) is 66.1 Å². The van der Waals surface area contributed by atoms with Crippen molar-refractivity contribution in [2.75, 3.05) is 72.7 Å². The van der Waals surface area contributed by atoms with Crippen LogP contribution in [0.5, 0.6) is 5.75 Å². The van der Waals surface area contributed by atoms with Gasteiger partial charge in [-0.3, -0.25) is 4.89 Å². The van der Waals surface area contributed by atoms with Crippen LogP contribution in [0.25, 0.3) is 0 Å². The molecule has 1 rings (SSSR count). The van der Waals surface area contributed by atoms with Crippen LogP contribution in [0.4, 0.5) is 0 Å². The van der Waals surface area contributed by atoms with E-state index in [1.54, 1.807) is 24.3 Å². The molecule has 1 unspecified atom stereocenters. The first-order valence-electron chi connectivity index (χ1n) is 18.0. The molecule has 0 aliphatic heterocycles. The van der Waals surface area contributed by atoms with E-state index in [0.29, 0.717) is 12.2 Å². The zero-order valence-corrected chi connectivity index (χ0v) is 35.5. The van der Waals surface area contributed by atoms with E-state index in [0.717, 1.165) is 37.8 Å². The minimum Gasteiger partial charge on any atom is -0.455 e. The molecule has 0 N–H and O–H groups in total. The summed E-state index contributed by atoms with van der Waals surface area (Å²) in [6.45, 7) is 35.5. The van der Waals surface area contributed by atoms with E-state index >= 15 is 0 Å². The third-order valence-electron chi connectivity index (χ3n) is 4.25. The lowest BCUT2D eigenvalue weighted by molar-refractivity contribution is -0.390. The van der Waals surface area contributed by atoms with Gasteiger partial charge in [0.15, 0.2) is 6.61 Å². The fourth-order valence-electron chi connectivity index (χ4n) is 2.68. The fourth-order valence-corrected chi connectivity index (χ4v) is 2.68. The van der Waals surface area contributed by atoms with E-state index < -0.39 is 17.7 Å². The van der Waals surface area contributed by atoms with Gasteiger partial charge in [0, 0.05) is 18.6 Å². The molecule has 0 amide bonds. The second-order valence-electron chi connectivity index (χ2n) is 8.74. The zero-order valence-electron chi connectivity index (χ0n) is 35.5. The molecule has 16 nitrogen and oxygen atoms in total. The smallest absolute Gasteiger partial charge is 0.365 e. The van der Waals surface area contributed by atoms with Crippen LogP contribution in [-0.4, -0.2) is 90.4 Å². The largest absolute Gasteiger partial charge is 0.455 e. The van der Waals surface area contributed by atoms with E-state index in [1.807, 2.05) is 6.07 Å². The number of hydrogen-bond donors (Lipinski definition) is 0. The summed E-state index contributed by atoms with van der Waals surface area (Å²) in [4.78, 5) is 33.3. The summed E-state index contributed by atoms with van der Waals surface area (Å²) in [5.74, 6) is -2.35. The maximum absolute atomic E-state index is 11.6. The topological polar surface area (TPSA) is 270 Å². The van der Waals surface area contributed by atoms with Gasteiger partial charge in [-0.15, -0.1) is 4.89 Å². The van der Waals surface area contributed by atoms with Crippen molar-refractivity contribution >= 4 is 11.9 Å². The Bertz CT molecular complexity index is 744. The molecule has 0 heterocycles. The van der Waals surface area contributed by atoms with Crippen molar-refractivity contribution in [3.05, 3.63) is 125 Å². The quantitative estimate of drug-likeness (QED) is 0.0399. The Morgan fingerprint density at radius 2 is 0.814 bits per heavy atom. The van der Waals surface area contributed by atoms with Crippen molar-refractivity contribution < 1.29 is 79.9 Å². The maximum atomic E-state index is 11.6. The van der Waals surface area contributed by atoms with Crippen molar-refractivity contribution in [3.8, 4) is 5.75 Å². The maximum Gasteiger partial charge on any atom is 0.365 e. The molecule has 0 spiro atoms. The number of benzene rings is 1. The Hall–Kier alpha value is -3.00. The van der Waals surface area contributed by atoms with Crippen LogP contribution in [0.15, 0.2) is 55.6 Å². The Kier molecular flexibility index (Phi) is 123. The van der Waals surface area contributed by atoms with Gasteiger partial charge >= 0.3 is 11.9 Å². The number of ether oxygens (including phenoxy) is 2. The summed E-state index contributed by atoms with van der Waals surface area (Å²) in [6, 6.07) is 8.95. The Morgan fingerprint density at radius 1 is 0.508 bits per heavy atom. The van der Waals surface area contributed by atoms with Gasteiger partial charge in [-0.2, -0.15) is 0 Å². The Morgan fingerprint density at radius 3 is 1.12 bits per heavy atom. The lowest BCUT2D eigenvalue weighted by Gasteiger charge is -2.31. The van der Waals surface area contributed by atoms with Crippen molar-refractivity contribution in [1.82, 2.24) is 0 Å². The lowest BCUT2D eigenvalue weighted by Crippen LogP contribution is -2.45. The lowest BCUT2D eigenvalue weighted by atomic mass is 10.0. The van der Waals surface area contributed by atoms with Crippen LogP contribution in [0, 0.1) is 69.2 Å².